The van der Waals surface area contributed by atoms with Gasteiger partial charge in [0.1, 0.15) is 17.9 Å². The number of aromatic nitrogens is 4. The van der Waals surface area contributed by atoms with Crippen LogP contribution in [-0.4, -0.2) is 32.3 Å². The minimum absolute atomic E-state index is 0.177. The summed E-state index contributed by atoms with van der Waals surface area (Å²) in [6.45, 7) is 1.92. The van der Waals surface area contributed by atoms with Gasteiger partial charge in [0.25, 0.3) is 5.56 Å². The third-order valence-electron chi connectivity index (χ3n) is 5.16. The van der Waals surface area contributed by atoms with Crippen LogP contribution in [0, 0.1) is 12.7 Å². The van der Waals surface area contributed by atoms with E-state index in [1.165, 1.54) is 35.1 Å². The molecule has 32 heavy (non-hydrogen) atoms. The summed E-state index contributed by atoms with van der Waals surface area (Å²) in [6.07, 6.45) is 1.53. The summed E-state index contributed by atoms with van der Waals surface area (Å²) >= 11 is 0. The van der Waals surface area contributed by atoms with Crippen molar-refractivity contribution in [3.05, 3.63) is 76.1 Å². The largest absolute Gasteiger partial charge is 0.454 e. The zero-order valence-electron chi connectivity index (χ0n) is 17.0. The average Bonchev–Trinajstić information content (AvgIpc) is 3.43. The fourth-order valence-electron chi connectivity index (χ4n) is 3.55. The van der Waals surface area contributed by atoms with Crippen LogP contribution in [0.3, 0.4) is 0 Å². The van der Waals surface area contributed by atoms with Crippen molar-refractivity contribution < 1.29 is 18.7 Å². The summed E-state index contributed by atoms with van der Waals surface area (Å²) in [7, 11) is 0. The van der Waals surface area contributed by atoms with Crippen LogP contribution in [0.4, 0.5) is 4.39 Å². The maximum Gasteiger partial charge on any atom is 0.293 e. The molecule has 1 aliphatic heterocycles. The summed E-state index contributed by atoms with van der Waals surface area (Å²) in [5.74, 6) is 0.533. The van der Waals surface area contributed by atoms with Gasteiger partial charge in [-0.15, -0.1) is 0 Å². The maximum atomic E-state index is 13.3. The van der Waals surface area contributed by atoms with Crippen molar-refractivity contribution in [3.8, 4) is 17.2 Å². The number of hydrogen-bond acceptors (Lipinski definition) is 6. The predicted octanol–water partition coefficient (Wildman–Crippen LogP) is 2.07. The molecule has 2 aromatic heterocycles. The van der Waals surface area contributed by atoms with Gasteiger partial charge in [-0.25, -0.2) is 13.8 Å². The Morgan fingerprint density at radius 1 is 1.16 bits per heavy atom. The molecule has 4 aromatic rings. The topological polar surface area (TPSA) is 100 Å². The lowest BCUT2D eigenvalue weighted by atomic mass is 10.2. The quantitative estimate of drug-likeness (QED) is 0.515. The SMILES string of the molecule is Cc1nn(CC(=O)NCc2ccc3c(c2)OCO3)c(=O)c2c1cnn2-c1ccc(F)cc1. The Balaban J connectivity index is 1.38. The molecular formula is C22H18FN5O4. The van der Waals surface area contributed by atoms with Crippen LogP contribution < -0.4 is 20.3 Å². The molecular weight excluding hydrogens is 417 g/mol. The minimum atomic E-state index is -0.467. The standard InChI is InChI=1S/C22H18FN5O4/c1-13-17-10-25-28(16-5-3-15(23)4-6-16)21(17)22(30)27(26-13)11-20(29)24-9-14-2-7-18-19(8-14)32-12-31-18/h2-8,10H,9,11-12H2,1H3,(H,24,29). The van der Waals surface area contributed by atoms with Gasteiger partial charge in [-0.2, -0.15) is 10.2 Å². The lowest BCUT2D eigenvalue weighted by Gasteiger charge is -2.10. The highest BCUT2D eigenvalue weighted by Gasteiger charge is 2.17. The average molecular weight is 435 g/mol. The van der Waals surface area contributed by atoms with Crippen LogP contribution in [0.1, 0.15) is 11.3 Å². The van der Waals surface area contributed by atoms with Gasteiger partial charge in [-0.1, -0.05) is 6.07 Å². The molecule has 0 atom stereocenters. The van der Waals surface area contributed by atoms with E-state index in [9.17, 15) is 14.0 Å². The zero-order chi connectivity index (χ0) is 22.2. The molecule has 1 aliphatic rings. The lowest BCUT2D eigenvalue weighted by Crippen LogP contribution is -2.34. The number of carbonyl (C=O) groups is 1. The first-order valence-corrected chi connectivity index (χ1v) is 9.86. The van der Waals surface area contributed by atoms with E-state index in [0.29, 0.717) is 28.3 Å². The van der Waals surface area contributed by atoms with E-state index in [-0.39, 0.29) is 37.1 Å². The second-order valence-electron chi connectivity index (χ2n) is 7.31. The smallest absolute Gasteiger partial charge is 0.293 e. The molecule has 1 N–H and O–H groups in total. The number of nitrogens with one attached hydrogen (secondary N) is 1. The second-order valence-corrected chi connectivity index (χ2v) is 7.31. The van der Waals surface area contributed by atoms with Gasteiger partial charge >= 0.3 is 0 Å². The zero-order valence-corrected chi connectivity index (χ0v) is 17.0. The van der Waals surface area contributed by atoms with E-state index >= 15 is 0 Å². The summed E-state index contributed by atoms with van der Waals surface area (Å²) in [5, 5.41) is 11.9. The van der Waals surface area contributed by atoms with Gasteiger partial charge in [0.2, 0.25) is 12.7 Å². The summed E-state index contributed by atoms with van der Waals surface area (Å²) in [4.78, 5) is 25.6. The van der Waals surface area contributed by atoms with Gasteiger partial charge in [0, 0.05) is 11.9 Å². The number of nitrogens with zero attached hydrogens (tertiary/aromatic N) is 4. The molecule has 0 saturated carbocycles. The van der Waals surface area contributed by atoms with Gasteiger partial charge in [0.15, 0.2) is 11.5 Å². The van der Waals surface area contributed by atoms with Crippen molar-refractivity contribution in [1.82, 2.24) is 24.9 Å². The number of ether oxygens (including phenoxy) is 2. The number of fused-ring (bicyclic) bond motifs is 2. The van der Waals surface area contributed by atoms with Gasteiger partial charge < -0.3 is 14.8 Å². The number of aryl methyl sites for hydroxylation is 1. The van der Waals surface area contributed by atoms with Crippen molar-refractivity contribution in [3.63, 3.8) is 0 Å². The van der Waals surface area contributed by atoms with Crippen LogP contribution in [-0.2, 0) is 17.9 Å². The normalized spacial score (nSPS) is 12.3. The fraction of sp³-hybridized carbons (Fsp3) is 0.182. The molecule has 0 aliphatic carbocycles. The number of rotatable bonds is 5. The Hall–Kier alpha value is -4.21. The van der Waals surface area contributed by atoms with Crippen molar-refractivity contribution in [2.24, 2.45) is 0 Å². The van der Waals surface area contributed by atoms with Crippen molar-refractivity contribution in [2.45, 2.75) is 20.0 Å². The summed E-state index contributed by atoms with van der Waals surface area (Å²) in [5.41, 5.74) is 1.72. The second kappa shape index (κ2) is 7.80. The highest BCUT2D eigenvalue weighted by atomic mass is 19.1. The Morgan fingerprint density at radius 3 is 2.75 bits per heavy atom. The molecule has 0 spiro atoms. The first-order valence-electron chi connectivity index (χ1n) is 9.86. The third-order valence-corrected chi connectivity index (χ3v) is 5.16. The number of halogens is 1. The Kier molecular flexibility index (Phi) is 4.81. The predicted molar refractivity (Wildman–Crippen MR) is 112 cm³/mol. The van der Waals surface area contributed by atoms with Crippen LogP contribution >= 0.6 is 0 Å². The number of benzene rings is 2. The maximum absolute atomic E-state index is 13.3. The number of amides is 1. The van der Waals surface area contributed by atoms with E-state index < -0.39 is 5.56 Å². The molecule has 9 nitrogen and oxygen atoms in total. The minimum Gasteiger partial charge on any atom is -0.454 e. The van der Waals surface area contributed by atoms with Crippen LogP contribution in [0.15, 0.2) is 53.5 Å². The Labute approximate surface area is 181 Å². The van der Waals surface area contributed by atoms with Crippen molar-refractivity contribution in [1.29, 1.82) is 0 Å². The number of carbonyl (C=O) groups excluding carboxylic acids is 1. The van der Waals surface area contributed by atoms with E-state index in [1.54, 1.807) is 19.1 Å². The highest BCUT2D eigenvalue weighted by molar-refractivity contribution is 5.82. The summed E-state index contributed by atoms with van der Waals surface area (Å²) in [6, 6.07) is 11.0. The lowest BCUT2D eigenvalue weighted by molar-refractivity contribution is -0.122. The van der Waals surface area contributed by atoms with E-state index in [4.69, 9.17) is 9.47 Å². The monoisotopic (exact) mass is 435 g/mol. The van der Waals surface area contributed by atoms with Crippen LogP contribution in [0.2, 0.25) is 0 Å². The molecule has 10 heteroatoms. The Bertz CT molecular complexity index is 1390. The molecule has 1 amide bonds. The van der Waals surface area contributed by atoms with E-state index in [1.807, 2.05) is 6.07 Å². The number of hydrogen-bond donors (Lipinski definition) is 1. The first-order chi connectivity index (χ1) is 15.5. The molecule has 2 aromatic carbocycles. The summed E-state index contributed by atoms with van der Waals surface area (Å²) < 4.78 is 26.4. The molecule has 162 valence electrons. The molecule has 0 unspecified atom stereocenters. The van der Waals surface area contributed by atoms with Gasteiger partial charge in [0.05, 0.1) is 17.6 Å². The van der Waals surface area contributed by atoms with Gasteiger partial charge in [-0.05, 0) is 48.9 Å². The first kappa shape index (κ1) is 19.7. The van der Waals surface area contributed by atoms with Crippen molar-refractivity contribution >= 4 is 16.8 Å². The Morgan fingerprint density at radius 2 is 1.94 bits per heavy atom. The van der Waals surface area contributed by atoms with Crippen LogP contribution in [0.25, 0.3) is 16.6 Å². The highest BCUT2D eigenvalue weighted by Crippen LogP contribution is 2.32. The van der Waals surface area contributed by atoms with Crippen LogP contribution in [0.5, 0.6) is 11.5 Å². The fourth-order valence-corrected chi connectivity index (χ4v) is 3.55. The third kappa shape index (κ3) is 3.55. The van der Waals surface area contributed by atoms with E-state index in [0.717, 1.165) is 10.2 Å². The van der Waals surface area contributed by atoms with Crippen molar-refractivity contribution in [2.75, 3.05) is 6.79 Å². The molecule has 0 fully saturated rings. The molecule has 0 radical (unpaired) electrons. The molecule has 0 saturated heterocycles. The van der Waals surface area contributed by atoms with E-state index in [2.05, 4.69) is 15.5 Å². The molecule has 5 rings (SSSR count). The van der Waals surface area contributed by atoms with Gasteiger partial charge in [-0.3, -0.25) is 9.59 Å². The molecule has 3 heterocycles. The molecule has 0 bridgehead atoms.